The number of carbonyl (C=O) groups excluding carboxylic acids is 1. The summed E-state index contributed by atoms with van der Waals surface area (Å²) < 4.78 is 79.8. The molecule has 1 aliphatic rings. The van der Waals surface area contributed by atoms with Gasteiger partial charge < -0.3 is 14.8 Å². The van der Waals surface area contributed by atoms with Crippen LogP contribution in [-0.4, -0.2) is 45.2 Å². The molecule has 0 saturated heterocycles. The molecule has 6 nitrogen and oxygen atoms in total. The maximum atomic E-state index is 13.8. The Morgan fingerprint density at radius 1 is 1.14 bits per heavy atom. The third-order valence-electron chi connectivity index (χ3n) is 4.74. The molecule has 1 amide bonds. The first kappa shape index (κ1) is 21.1. The van der Waals surface area contributed by atoms with Gasteiger partial charge in [-0.3, -0.25) is 4.79 Å². The Kier molecular flexibility index (Phi) is 5.82. The standard InChI is InChI=1S/C17H17F6N5O/c1-24-10(4-9-5-12(19)13(20)7-11(9)18)6-15(29)27-2-3-28-14(8-27)25-26-16(28)17(21,22)23/h5,7,10,24H,2-4,6,8H2,1H3/t10-/m1/s1. The van der Waals surface area contributed by atoms with Gasteiger partial charge in [-0.05, 0) is 25.1 Å². The van der Waals surface area contributed by atoms with Gasteiger partial charge in [-0.25, -0.2) is 13.2 Å². The van der Waals surface area contributed by atoms with Crippen LogP contribution in [0.4, 0.5) is 26.3 Å². The number of likely N-dealkylation sites (N-methyl/N-ethyl adjacent to an activating group) is 1. The molecule has 2 heterocycles. The molecule has 12 heteroatoms. The Morgan fingerprint density at radius 2 is 1.83 bits per heavy atom. The summed E-state index contributed by atoms with van der Waals surface area (Å²) in [5.74, 6) is -4.92. The third-order valence-corrected chi connectivity index (χ3v) is 4.74. The van der Waals surface area contributed by atoms with Crippen LogP contribution in [0.15, 0.2) is 12.1 Å². The number of fused-ring (bicyclic) bond motifs is 1. The van der Waals surface area contributed by atoms with E-state index < -0.39 is 41.4 Å². The Balaban J connectivity index is 1.66. The molecule has 158 valence electrons. The molecule has 0 bridgehead atoms. The summed E-state index contributed by atoms with van der Waals surface area (Å²) in [6.45, 7) is -0.217. The number of rotatable bonds is 5. The first-order valence-electron chi connectivity index (χ1n) is 8.68. The highest BCUT2D eigenvalue weighted by Crippen LogP contribution is 2.29. The van der Waals surface area contributed by atoms with Gasteiger partial charge in [0.05, 0.1) is 6.54 Å². The van der Waals surface area contributed by atoms with Crippen LogP contribution in [0, 0.1) is 17.5 Å². The number of alkyl halides is 3. The highest BCUT2D eigenvalue weighted by Gasteiger charge is 2.40. The fourth-order valence-electron chi connectivity index (χ4n) is 3.18. The van der Waals surface area contributed by atoms with Crippen LogP contribution in [0.3, 0.4) is 0 Å². The quantitative estimate of drug-likeness (QED) is 0.595. The van der Waals surface area contributed by atoms with E-state index in [0.29, 0.717) is 6.07 Å². The molecule has 0 spiro atoms. The molecule has 0 saturated carbocycles. The lowest BCUT2D eigenvalue weighted by Gasteiger charge is -2.29. The highest BCUT2D eigenvalue weighted by molar-refractivity contribution is 5.77. The van der Waals surface area contributed by atoms with Gasteiger partial charge in [0.25, 0.3) is 0 Å². The maximum Gasteiger partial charge on any atom is 0.451 e. The Hall–Kier alpha value is -2.63. The smallest absolute Gasteiger partial charge is 0.333 e. The van der Waals surface area contributed by atoms with Crippen molar-refractivity contribution in [2.24, 2.45) is 0 Å². The number of aromatic nitrogens is 3. The van der Waals surface area contributed by atoms with Crippen molar-refractivity contribution in [1.82, 2.24) is 25.0 Å². The Morgan fingerprint density at radius 3 is 2.48 bits per heavy atom. The van der Waals surface area contributed by atoms with E-state index in [2.05, 4.69) is 15.5 Å². The summed E-state index contributed by atoms with van der Waals surface area (Å²) in [6, 6.07) is 0.587. The molecular weight excluding hydrogens is 404 g/mol. The lowest BCUT2D eigenvalue weighted by Crippen LogP contribution is -2.42. The van der Waals surface area contributed by atoms with Crippen molar-refractivity contribution in [3.63, 3.8) is 0 Å². The molecule has 1 aromatic heterocycles. The number of hydrogen-bond donors (Lipinski definition) is 1. The molecule has 2 aromatic rings. The third kappa shape index (κ3) is 4.52. The van der Waals surface area contributed by atoms with E-state index in [9.17, 15) is 31.1 Å². The van der Waals surface area contributed by atoms with Crippen LogP contribution in [0.5, 0.6) is 0 Å². The van der Waals surface area contributed by atoms with Gasteiger partial charge in [0.2, 0.25) is 11.7 Å². The van der Waals surface area contributed by atoms with E-state index in [1.807, 2.05) is 0 Å². The average molecular weight is 421 g/mol. The zero-order chi connectivity index (χ0) is 21.3. The summed E-state index contributed by atoms with van der Waals surface area (Å²) >= 11 is 0. The number of benzene rings is 1. The number of amides is 1. The summed E-state index contributed by atoms with van der Waals surface area (Å²) in [4.78, 5) is 13.9. The van der Waals surface area contributed by atoms with E-state index >= 15 is 0 Å². The minimum atomic E-state index is -4.64. The zero-order valence-electron chi connectivity index (χ0n) is 15.2. The first-order chi connectivity index (χ1) is 13.6. The molecule has 1 aromatic carbocycles. The highest BCUT2D eigenvalue weighted by atomic mass is 19.4. The molecule has 0 radical (unpaired) electrons. The predicted octanol–water partition coefficient (Wildman–Crippen LogP) is 2.28. The van der Waals surface area contributed by atoms with Gasteiger partial charge in [-0.1, -0.05) is 0 Å². The fourth-order valence-corrected chi connectivity index (χ4v) is 3.18. The normalized spacial score (nSPS) is 15.3. The second kappa shape index (κ2) is 8.01. The van der Waals surface area contributed by atoms with Crippen molar-refractivity contribution in [2.45, 2.75) is 38.1 Å². The van der Waals surface area contributed by atoms with Crippen LogP contribution in [0.2, 0.25) is 0 Å². The number of hydrogen-bond acceptors (Lipinski definition) is 4. The lowest BCUT2D eigenvalue weighted by molar-refractivity contribution is -0.148. The summed E-state index contributed by atoms with van der Waals surface area (Å²) in [6.07, 6.45) is -4.83. The maximum absolute atomic E-state index is 13.8. The summed E-state index contributed by atoms with van der Waals surface area (Å²) in [5, 5.41) is 9.47. The van der Waals surface area contributed by atoms with Crippen molar-refractivity contribution >= 4 is 5.91 Å². The van der Waals surface area contributed by atoms with Crippen molar-refractivity contribution < 1.29 is 31.1 Å². The first-order valence-corrected chi connectivity index (χ1v) is 8.68. The second-order valence-corrected chi connectivity index (χ2v) is 6.66. The topological polar surface area (TPSA) is 63.1 Å². The largest absolute Gasteiger partial charge is 0.451 e. The van der Waals surface area contributed by atoms with Crippen LogP contribution < -0.4 is 5.32 Å². The molecule has 29 heavy (non-hydrogen) atoms. The van der Waals surface area contributed by atoms with Crippen LogP contribution in [-0.2, 0) is 30.5 Å². The second-order valence-electron chi connectivity index (χ2n) is 6.66. The summed E-state index contributed by atoms with van der Waals surface area (Å²) in [7, 11) is 1.53. The van der Waals surface area contributed by atoms with Gasteiger partial charge >= 0.3 is 6.18 Å². The van der Waals surface area contributed by atoms with Crippen molar-refractivity contribution in [1.29, 1.82) is 0 Å². The van der Waals surface area contributed by atoms with E-state index in [1.165, 1.54) is 11.9 Å². The summed E-state index contributed by atoms with van der Waals surface area (Å²) in [5.41, 5.74) is -0.0933. The average Bonchev–Trinajstić information content (AvgIpc) is 3.08. The predicted molar refractivity (Wildman–Crippen MR) is 87.9 cm³/mol. The van der Waals surface area contributed by atoms with Gasteiger partial charge in [0, 0.05) is 31.6 Å². The Labute approximate surface area is 161 Å². The number of nitrogens with zero attached hydrogens (tertiary/aromatic N) is 4. The molecule has 1 aliphatic heterocycles. The van der Waals surface area contributed by atoms with Gasteiger partial charge in [0.15, 0.2) is 17.5 Å². The number of halogens is 6. The number of carbonyl (C=O) groups is 1. The SMILES string of the molecule is CN[C@@H](CC(=O)N1CCn2c(nnc2C(F)(F)F)C1)Cc1cc(F)c(F)cc1F. The minimum Gasteiger partial charge on any atom is -0.333 e. The van der Waals surface area contributed by atoms with Crippen LogP contribution in [0.25, 0.3) is 0 Å². The molecule has 0 unspecified atom stereocenters. The van der Waals surface area contributed by atoms with E-state index in [0.717, 1.165) is 10.6 Å². The minimum absolute atomic E-state index is 0.0181. The monoisotopic (exact) mass is 421 g/mol. The number of nitrogens with one attached hydrogen (secondary N) is 1. The molecule has 1 atom stereocenters. The van der Waals surface area contributed by atoms with Crippen molar-refractivity contribution in [3.8, 4) is 0 Å². The van der Waals surface area contributed by atoms with Gasteiger partial charge in [-0.2, -0.15) is 13.2 Å². The Bertz CT molecular complexity index is 912. The van der Waals surface area contributed by atoms with E-state index in [1.54, 1.807) is 0 Å². The zero-order valence-corrected chi connectivity index (χ0v) is 15.2. The molecule has 1 N–H and O–H groups in total. The lowest BCUT2D eigenvalue weighted by atomic mass is 10.0. The van der Waals surface area contributed by atoms with Crippen LogP contribution in [0.1, 0.15) is 23.6 Å². The van der Waals surface area contributed by atoms with Crippen molar-refractivity contribution in [3.05, 3.63) is 46.8 Å². The van der Waals surface area contributed by atoms with Crippen molar-refractivity contribution in [2.75, 3.05) is 13.6 Å². The van der Waals surface area contributed by atoms with Gasteiger partial charge in [0.1, 0.15) is 5.82 Å². The molecule has 0 aliphatic carbocycles. The van der Waals surface area contributed by atoms with Gasteiger partial charge in [-0.15, -0.1) is 10.2 Å². The van der Waals surface area contributed by atoms with E-state index in [-0.39, 0.29) is 43.9 Å². The molecule has 0 fully saturated rings. The molecule has 3 rings (SSSR count). The molecular formula is C17H17F6N5O. The van der Waals surface area contributed by atoms with Crippen LogP contribution >= 0.6 is 0 Å². The fraction of sp³-hybridized carbons (Fsp3) is 0.471. The van der Waals surface area contributed by atoms with E-state index in [4.69, 9.17) is 0 Å².